The van der Waals surface area contributed by atoms with Crippen LogP contribution in [-0.4, -0.2) is 34.2 Å². The first kappa shape index (κ1) is 13.0. The number of carboxylic acids is 1. The zero-order valence-corrected chi connectivity index (χ0v) is 11.2. The fourth-order valence-electron chi connectivity index (χ4n) is 2.12. The topological polar surface area (TPSA) is 88.5 Å². The summed E-state index contributed by atoms with van der Waals surface area (Å²) in [7, 11) is 0. The number of thiazole rings is 1. The van der Waals surface area contributed by atoms with E-state index in [0.717, 1.165) is 10.2 Å². The van der Waals surface area contributed by atoms with Crippen molar-refractivity contribution in [3.63, 3.8) is 0 Å². The lowest BCUT2D eigenvalue weighted by Gasteiger charge is -2.09. The van der Waals surface area contributed by atoms with Gasteiger partial charge in [0.2, 0.25) is 0 Å². The number of aromatic nitrogens is 1. The number of anilines is 1. The Hall–Kier alpha value is -1.99. The highest BCUT2D eigenvalue weighted by atomic mass is 32.1. The third kappa shape index (κ3) is 2.50. The van der Waals surface area contributed by atoms with E-state index in [1.807, 2.05) is 24.3 Å². The van der Waals surface area contributed by atoms with Crippen LogP contribution in [0.25, 0.3) is 10.2 Å². The number of nitrogens with zero attached hydrogens (tertiary/aromatic N) is 1. The number of amides is 1. The van der Waals surface area contributed by atoms with Crippen LogP contribution in [0.1, 0.15) is 12.8 Å². The molecule has 1 saturated heterocycles. The molecule has 1 fully saturated rings. The van der Waals surface area contributed by atoms with Crippen LogP contribution < -0.4 is 5.32 Å². The molecule has 104 valence electrons. The maximum absolute atomic E-state index is 12.0. The molecule has 6 nitrogen and oxygen atoms in total. The molecule has 3 rings (SSSR count). The van der Waals surface area contributed by atoms with E-state index in [0.29, 0.717) is 18.0 Å². The first-order valence-electron chi connectivity index (χ1n) is 6.18. The van der Waals surface area contributed by atoms with Crippen LogP contribution in [0.2, 0.25) is 0 Å². The lowest BCUT2D eigenvalue weighted by atomic mass is 10.2. The summed E-state index contributed by atoms with van der Waals surface area (Å²) in [4.78, 5) is 27.1. The lowest BCUT2D eigenvalue weighted by molar-refractivity contribution is -0.150. The average molecular weight is 292 g/mol. The molecule has 2 N–H and O–H groups in total. The van der Waals surface area contributed by atoms with Gasteiger partial charge in [-0.25, -0.2) is 9.78 Å². The second-order valence-electron chi connectivity index (χ2n) is 4.50. The van der Waals surface area contributed by atoms with Crippen molar-refractivity contribution in [3.8, 4) is 0 Å². The summed E-state index contributed by atoms with van der Waals surface area (Å²) in [5.74, 6) is -1.37. The van der Waals surface area contributed by atoms with E-state index in [2.05, 4.69) is 10.3 Å². The lowest BCUT2D eigenvalue weighted by Crippen LogP contribution is -2.29. The number of carbonyl (C=O) groups is 2. The average Bonchev–Trinajstić information content (AvgIpc) is 3.04. The summed E-state index contributed by atoms with van der Waals surface area (Å²) in [6.45, 7) is 0. The number of para-hydroxylation sites is 1. The number of aliphatic carboxylic acids is 1. The van der Waals surface area contributed by atoms with Crippen molar-refractivity contribution in [2.24, 2.45) is 0 Å². The van der Waals surface area contributed by atoms with Gasteiger partial charge in [0.1, 0.15) is 6.10 Å². The molecule has 0 aliphatic carbocycles. The van der Waals surface area contributed by atoms with Crippen LogP contribution >= 0.6 is 11.3 Å². The summed E-state index contributed by atoms with van der Waals surface area (Å²) in [5, 5.41) is 12.0. The molecule has 0 saturated carbocycles. The van der Waals surface area contributed by atoms with Crippen molar-refractivity contribution in [2.75, 3.05) is 5.32 Å². The SMILES string of the molecule is O=C(Nc1nc2ccccc2s1)[C@@H]1CC[C@H](C(=O)O)O1. The molecule has 0 spiro atoms. The maximum Gasteiger partial charge on any atom is 0.332 e. The van der Waals surface area contributed by atoms with E-state index in [1.165, 1.54) is 11.3 Å². The van der Waals surface area contributed by atoms with E-state index < -0.39 is 18.2 Å². The van der Waals surface area contributed by atoms with Crippen molar-refractivity contribution < 1.29 is 19.4 Å². The Labute approximate surface area is 118 Å². The fourth-order valence-corrected chi connectivity index (χ4v) is 2.99. The summed E-state index contributed by atoms with van der Waals surface area (Å²) < 4.78 is 6.18. The number of benzene rings is 1. The summed E-state index contributed by atoms with van der Waals surface area (Å²) >= 11 is 1.38. The molecular weight excluding hydrogens is 280 g/mol. The third-order valence-corrected chi connectivity index (χ3v) is 4.06. The van der Waals surface area contributed by atoms with Gasteiger partial charge < -0.3 is 9.84 Å². The minimum atomic E-state index is -1.03. The van der Waals surface area contributed by atoms with Gasteiger partial charge >= 0.3 is 5.97 Å². The van der Waals surface area contributed by atoms with E-state index in [1.54, 1.807) is 0 Å². The standard InChI is InChI=1S/C13H12N2O4S/c16-11(8-5-6-9(19-8)12(17)18)15-13-14-7-3-1-2-4-10(7)20-13/h1-4,8-9H,5-6H2,(H,17,18)(H,14,15,16)/t8-,9+/m0/s1. The number of carboxylic acid groups (broad SMARTS) is 1. The second kappa shape index (κ2) is 5.18. The van der Waals surface area contributed by atoms with E-state index in [-0.39, 0.29) is 5.91 Å². The molecule has 0 radical (unpaired) electrons. The van der Waals surface area contributed by atoms with E-state index in [9.17, 15) is 9.59 Å². The molecule has 1 amide bonds. The minimum Gasteiger partial charge on any atom is -0.479 e. The highest BCUT2D eigenvalue weighted by Gasteiger charge is 2.34. The predicted octanol–water partition coefficient (Wildman–Crippen LogP) is 1.87. The second-order valence-corrected chi connectivity index (χ2v) is 5.54. The monoisotopic (exact) mass is 292 g/mol. The van der Waals surface area contributed by atoms with E-state index >= 15 is 0 Å². The number of fused-ring (bicyclic) bond motifs is 1. The molecule has 1 aromatic carbocycles. The van der Waals surface area contributed by atoms with Crippen molar-refractivity contribution in [1.29, 1.82) is 0 Å². The number of ether oxygens (including phenoxy) is 1. The largest absolute Gasteiger partial charge is 0.479 e. The normalized spacial score (nSPS) is 22.0. The highest BCUT2D eigenvalue weighted by molar-refractivity contribution is 7.22. The Kier molecular flexibility index (Phi) is 3.37. The molecular formula is C13H12N2O4S. The quantitative estimate of drug-likeness (QED) is 0.901. The van der Waals surface area contributed by atoms with Crippen LogP contribution in [0.4, 0.5) is 5.13 Å². The number of nitrogens with one attached hydrogen (secondary N) is 1. The fraction of sp³-hybridized carbons (Fsp3) is 0.308. The number of rotatable bonds is 3. The first-order chi connectivity index (χ1) is 9.63. The van der Waals surface area contributed by atoms with Crippen molar-refractivity contribution in [3.05, 3.63) is 24.3 Å². The molecule has 7 heteroatoms. The molecule has 1 aliphatic heterocycles. The van der Waals surface area contributed by atoms with Gasteiger partial charge in [-0.2, -0.15) is 0 Å². The van der Waals surface area contributed by atoms with Gasteiger partial charge in [-0.3, -0.25) is 10.1 Å². The molecule has 20 heavy (non-hydrogen) atoms. The summed E-state index contributed by atoms with van der Waals surface area (Å²) in [6, 6.07) is 7.58. The highest BCUT2D eigenvalue weighted by Crippen LogP contribution is 2.27. The van der Waals surface area contributed by atoms with Crippen LogP contribution in [0.3, 0.4) is 0 Å². The number of hydrogen-bond donors (Lipinski definition) is 2. The Balaban J connectivity index is 1.68. The molecule has 2 heterocycles. The number of hydrogen-bond acceptors (Lipinski definition) is 5. The molecule has 1 aliphatic rings. The van der Waals surface area contributed by atoms with Gasteiger partial charge in [0.05, 0.1) is 10.2 Å². The minimum absolute atomic E-state index is 0.340. The van der Waals surface area contributed by atoms with Crippen LogP contribution in [0.15, 0.2) is 24.3 Å². The molecule has 2 aromatic rings. The van der Waals surface area contributed by atoms with Gasteiger partial charge in [0.15, 0.2) is 11.2 Å². The Bertz CT molecular complexity index is 636. The Morgan fingerprint density at radius 3 is 2.75 bits per heavy atom. The zero-order chi connectivity index (χ0) is 14.1. The number of carbonyl (C=O) groups excluding carboxylic acids is 1. The van der Waals surface area contributed by atoms with Gasteiger partial charge in [0.25, 0.3) is 5.91 Å². The smallest absolute Gasteiger partial charge is 0.332 e. The van der Waals surface area contributed by atoms with Crippen LogP contribution in [0.5, 0.6) is 0 Å². The van der Waals surface area contributed by atoms with Crippen molar-refractivity contribution in [1.82, 2.24) is 4.98 Å². The molecule has 2 atom stereocenters. The maximum atomic E-state index is 12.0. The first-order valence-corrected chi connectivity index (χ1v) is 7.00. The predicted molar refractivity (Wildman–Crippen MR) is 73.8 cm³/mol. The van der Waals surface area contributed by atoms with Crippen LogP contribution in [0, 0.1) is 0 Å². The van der Waals surface area contributed by atoms with Crippen LogP contribution in [-0.2, 0) is 14.3 Å². The third-order valence-electron chi connectivity index (χ3n) is 3.11. The van der Waals surface area contributed by atoms with Gasteiger partial charge in [-0.1, -0.05) is 23.5 Å². The summed E-state index contributed by atoms with van der Waals surface area (Å²) in [6.07, 6.45) is -0.842. The zero-order valence-electron chi connectivity index (χ0n) is 10.4. The summed E-state index contributed by atoms with van der Waals surface area (Å²) in [5.41, 5.74) is 0.823. The Morgan fingerprint density at radius 2 is 2.05 bits per heavy atom. The van der Waals surface area contributed by atoms with E-state index in [4.69, 9.17) is 9.84 Å². The van der Waals surface area contributed by atoms with Crippen molar-refractivity contribution >= 4 is 38.6 Å². The van der Waals surface area contributed by atoms with Gasteiger partial charge in [-0.05, 0) is 25.0 Å². The molecule has 0 unspecified atom stereocenters. The van der Waals surface area contributed by atoms with Gasteiger partial charge in [-0.15, -0.1) is 0 Å². The molecule has 1 aromatic heterocycles. The molecule has 0 bridgehead atoms. The Morgan fingerprint density at radius 1 is 1.30 bits per heavy atom. The van der Waals surface area contributed by atoms with Gasteiger partial charge in [0, 0.05) is 0 Å². The van der Waals surface area contributed by atoms with Crippen molar-refractivity contribution in [2.45, 2.75) is 25.0 Å².